The summed E-state index contributed by atoms with van der Waals surface area (Å²) < 4.78 is 5.48. The zero-order valence-electron chi connectivity index (χ0n) is 13.7. The van der Waals surface area contributed by atoms with Gasteiger partial charge < -0.3 is 4.74 Å². The first-order chi connectivity index (χ1) is 11.2. The largest absolute Gasteiger partial charge is 0.463 e. The van der Waals surface area contributed by atoms with E-state index in [2.05, 4.69) is 0 Å². The van der Waals surface area contributed by atoms with E-state index in [9.17, 15) is 4.79 Å². The van der Waals surface area contributed by atoms with E-state index in [-0.39, 0.29) is 5.97 Å². The second-order valence-electron chi connectivity index (χ2n) is 8.08. The second-order valence-corrected chi connectivity index (χ2v) is 8.08. The lowest BCUT2D eigenvalue weighted by Crippen LogP contribution is -2.46. The van der Waals surface area contributed by atoms with Crippen LogP contribution in [0.25, 0.3) is 6.08 Å². The van der Waals surface area contributed by atoms with Gasteiger partial charge in [-0.25, -0.2) is 4.79 Å². The topological polar surface area (TPSA) is 26.3 Å². The van der Waals surface area contributed by atoms with Crippen LogP contribution in [-0.2, 0) is 9.53 Å². The maximum atomic E-state index is 11.9. The molecule has 5 rings (SSSR count). The van der Waals surface area contributed by atoms with Gasteiger partial charge in [0, 0.05) is 6.08 Å². The lowest BCUT2D eigenvalue weighted by molar-refractivity contribution is -0.140. The van der Waals surface area contributed by atoms with Crippen molar-refractivity contribution in [3.63, 3.8) is 0 Å². The van der Waals surface area contributed by atoms with Crippen molar-refractivity contribution >= 4 is 12.0 Å². The van der Waals surface area contributed by atoms with Gasteiger partial charge in [-0.15, -0.1) is 0 Å². The molecular weight excluding hydrogens is 284 g/mol. The minimum atomic E-state index is -0.210. The van der Waals surface area contributed by atoms with Crippen LogP contribution in [0.15, 0.2) is 36.4 Å². The van der Waals surface area contributed by atoms with Gasteiger partial charge in [-0.3, -0.25) is 0 Å². The quantitative estimate of drug-likeness (QED) is 0.574. The first-order valence-electron chi connectivity index (χ1n) is 9.11. The van der Waals surface area contributed by atoms with Crippen molar-refractivity contribution in [3.05, 3.63) is 42.0 Å². The first-order valence-corrected chi connectivity index (χ1v) is 9.11. The molecule has 2 nitrogen and oxygen atoms in total. The van der Waals surface area contributed by atoms with Gasteiger partial charge in [0.25, 0.3) is 0 Å². The maximum Gasteiger partial charge on any atom is 0.330 e. The Morgan fingerprint density at radius 1 is 1.04 bits per heavy atom. The minimum absolute atomic E-state index is 0.210. The Labute approximate surface area is 138 Å². The lowest BCUT2D eigenvalue weighted by Gasteiger charge is -2.57. The number of rotatable bonds is 5. The van der Waals surface area contributed by atoms with Crippen molar-refractivity contribution in [3.8, 4) is 0 Å². The van der Waals surface area contributed by atoms with Gasteiger partial charge in [-0.2, -0.15) is 0 Å². The zero-order valence-corrected chi connectivity index (χ0v) is 13.7. The highest BCUT2D eigenvalue weighted by atomic mass is 16.5. The molecule has 0 atom stereocenters. The molecule has 4 aliphatic rings. The van der Waals surface area contributed by atoms with Crippen LogP contribution < -0.4 is 0 Å². The van der Waals surface area contributed by atoms with Gasteiger partial charge in [0.15, 0.2) is 0 Å². The Kier molecular flexibility index (Phi) is 4.00. The standard InChI is InChI=1S/C21H26O2/c22-20(7-6-16-4-2-1-3-5-16)23-9-8-21-13-17-10-18(14-21)12-19(11-17)15-21/h1-7,17-19H,8-15H2. The highest BCUT2D eigenvalue weighted by Crippen LogP contribution is 2.61. The maximum absolute atomic E-state index is 11.9. The average molecular weight is 310 g/mol. The van der Waals surface area contributed by atoms with Crippen LogP contribution >= 0.6 is 0 Å². The number of ether oxygens (including phenoxy) is 1. The molecule has 23 heavy (non-hydrogen) atoms. The Balaban J connectivity index is 1.27. The SMILES string of the molecule is O=C(C=Cc1ccccc1)OCCC12CC3CC(CC(C3)C1)C2. The van der Waals surface area contributed by atoms with Crippen LogP contribution in [-0.4, -0.2) is 12.6 Å². The monoisotopic (exact) mass is 310 g/mol. The van der Waals surface area contributed by atoms with Crippen LogP contribution in [0.4, 0.5) is 0 Å². The van der Waals surface area contributed by atoms with Crippen molar-refractivity contribution in [2.45, 2.75) is 44.9 Å². The third-order valence-corrected chi connectivity index (χ3v) is 6.25. The van der Waals surface area contributed by atoms with Gasteiger partial charge in [0.1, 0.15) is 0 Å². The summed E-state index contributed by atoms with van der Waals surface area (Å²) in [6, 6.07) is 9.88. The predicted octanol–water partition coefficient (Wildman–Crippen LogP) is 4.85. The molecule has 0 aromatic heterocycles. The molecule has 1 aromatic rings. The van der Waals surface area contributed by atoms with Crippen molar-refractivity contribution in [1.82, 2.24) is 0 Å². The number of hydrogen-bond acceptors (Lipinski definition) is 2. The Morgan fingerprint density at radius 2 is 1.65 bits per heavy atom. The van der Waals surface area contributed by atoms with Gasteiger partial charge in [0.05, 0.1) is 6.61 Å². The van der Waals surface area contributed by atoms with E-state index in [0.717, 1.165) is 29.7 Å². The van der Waals surface area contributed by atoms with Crippen molar-refractivity contribution in [2.24, 2.45) is 23.2 Å². The van der Waals surface area contributed by atoms with Crippen LogP contribution in [0, 0.1) is 23.2 Å². The lowest BCUT2D eigenvalue weighted by atomic mass is 9.49. The summed E-state index contributed by atoms with van der Waals surface area (Å²) in [7, 11) is 0. The molecule has 0 spiro atoms. The molecular formula is C21H26O2. The summed E-state index contributed by atoms with van der Waals surface area (Å²) in [6.07, 6.45) is 13.0. The van der Waals surface area contributed by atoms with Gasteiger partial charge in [-0.05, 0) is 79.8 Å². The van der Waals surface area contributed by atoms with Crippen LogP contribution in [0.3, 0.4) is 0 Å². The molecule has 0 amide bonds. The first kappa shape index (κ1) is 15.0. The fourth-order valence-electron chi connectivity index (χ4n) is 5.74. The molecule has 0 saturated heterocycles. The van der Waals surface area contributed by atoms with Crippen molar-refractivity contribution in [2.75, 3.05) is 6.61 Å². The number of carbonyl (C=O) groups excluding carboxylic acids is 1. The summed E-state index contributed by atoms with van der Waals surface area (Å²) in [4.78, 5) is 11.9. The highest BCUT2D eigenvalue weighted by Gasteiger charge is 2.50. The van der Waals surface area contributed by atoms with E-state index < -0.39 is 0 Å². The van der Waals surface area contributed by atoms with E-state index >= 15 is 0 Å². The van der Waals surface area contributed by atoms with Gasteiger partial charge in [-0.1, -0.05) is 30.3 Å². The van der Waals surface area contributed by atoms with Crippen molar-refractivity contribution in [1.29, 1.82) is 0 Å². The van der Waals surface area contributed by atoms with E-state index in [1.165, 1.54) is 38.5 Å². The molecule has 0 heterocycles. The normalized spacial score (nSPS) is 34.9. The third kappa shape index (κ3) is 3.36. The molecule has 4 fully saturated rings. The molecule has 4 saturated carbocycles. The van der Waals surface area contributed by atoms with E-state index in [0.29, 0.717) is 12.0 Å². The summed E-state index contributed by atoms with van der Waals surface area (Å²) in [5, 5.41) is 0. The zero-order chi connectivity index (χ0) is 15.7. The fourth-order valence-corrected chi connectivity index (χ4v) is 5.74. The molecule has 0 unspecified atom stereocenters. The Hall–Kier alpha value is -1.57. The van der Waals surface area contributed by atoms with Gasteiger partial charge in [0.2, 0.25) is 0 Å². The molecule has 0 N–H and O–H groups in total. The molecule has 2 heteroatoms. The predicted molar refractivity (Wildman–Crippen MR) is 91.7 cm³/mol. The number of carbonyl (C=O) groups is 1. The van der Waals surface area contributed by atoms with Crippen molar-refractivity contribution < 1.29 is 9.53 Å². The summed E-state index contributed by atoms with van der Waals surface area (Å²) >= 11 is 0. The Bertz CT molecular complexity index is 552. The van der Waals surface area contributed by atoms with E-state index in [4.69, 9.17) is 4.74 Å². The molecule has 1 aromatic carbocycles. The number of hydrogen-bond donors (Lipinski definition) is 0. The van der Waals surface area contributed by atoms with E-state index in [1.807, 2.05) is 36.4 Å². The Morgan fingerprint density at radius 3 is 2.26 bits per heavy atom. The second kappa shape index (κ2) is 6.14. The molecule has 122 valence electrons. The summed E-state index contributed by atoms with van der Waals surface area (Å²) in [6.45, 7) is 0.587. The summed E-state index contributed by atoms with van der Waals surface area (Å²) in [5.74, 6) is 2.69. The third-order valence-electron chi connectivity index (χ3n) is 6.25. The van der Waals surface area contributed by atoms with Gasteiger partial charge >= 0.3 is 5.97 Å². The number of benzene rings is 1. The summed E-state index contributed by atoms with van der Waals surface area (Å²) in [5.41, 5.74) is 1.53. The molecule has 4 bridgehead atoms. The van der Waals surface area contributed by atoms with E-state index in [1.54, 1.807) is 6.08 Å². The number of esters is 1. The highest BCUT2D eigenvalue weighted by molar-refractivity contribution is 5.86. The molecule has 4 aliphatic carbocycles. The smallest absolute Gasteiger partial charge is 0.330 e. The molecule has 0 aliphatic heterocycles. The van der Waals surface area contributed by atoms with Crippen LogP contribution in [0.1, 0.15) is 50.5 Å². The fraction of sp³-hybridized carbons (Fsp3) is 0.571. The van der Waals surface area contributed by atoms with Crippen LogP contribution in [0.2, 0.25) is 0 Å². The minimum Gasteiger partial charge on any atom is -0.463 e. The average Bonchev–Trinajstić information content (AvgIpc) is 2.52. The molecule has 0 radical (unpaired) electrons. The van der Waals surface area contributed by atoms with Crippen LogP contribution in [0.5, 0.6) is 0 Å².